The Morgan fingerprint density at radius 3 is 2.19 bits per heavy atom. The van der Waals surface area contributed by atoms with Crippen molar-refractivity contribution in [2.24, 2.45) is 0 Å². The smallest absolute Gasteiger partial charge is 0.338 e. The first kappa shape index (κ1) is 23.2. The van der Waals surface area contributed by atoms with Gasteiger partial charge in [0, 0.05) is 24.0 Å². The zero-order valence-corrected chi connectivity index (χ0v) is 19.3. The maximum Gasteiger partial charge on any atom is 0.338 e. The monoisotopic (exact) mass is 461 g/mol. The number of carbonyl (C=O) groups is 1. The molecule has 0 amide bonds. The molecule has 0 bridgehead atoms. The molecule has 1 aliphatic heterocycles. The van der Waals surface area contributed by atoms with Crippen molar-refractivity contribution in [3.63, 3.8) is 0 Å². The molecule has 1 aliphatic rings. The van der Waals surface area contributed by atoms with Crippen LogP contribution in [0.15, 0.2) is 53.4 Å². The van der Waals surface area contributed by atoms with Crippen molar-refractivity contribution in [1.29, 1.82) is 0 Å². The molecule has 1 fully saturated rings. The summed E-state index contributed by atoms with van der Waals surface area (Å²) in [4.78, 5) is 12.0. The average Bonchev–Trinajstić information content (AvgIpc) is 2.75. The number of sulfonamides is 1. The highest BCUT2D eigenvalue weighted by Crippen LogP contribution is 2.26. The predicted octanol–water partition coefficient (Wildman–Crippen LogP) is 4.24. The van der Waals surface area contributed by atoms with E-state index >= 15 is 0 Å². The summed E-state index contributed by atoms with van der Waals surface area (Å²) in [5.74, 6) is -0.372. The van der Waals surface area contributed by atoms with E-state index in [0.717, 1.165) is 19.3 Å². The lowest BCUT2D eigenvalue weighted by Gasteiger charge is -2.32. The molecule has 0 aliphatic carbocycles. The van der Waals surface area contributed by atoms with Crippen LogP contribution in [0, 0.1) is 0 Å². The van der Waals surface area contributed by atoms with Gasteiger partial charge in [-0.05, 0) is 87.4 Å². The standard InChI is InChI=1S/C22H27N3O4S2/c1-3-29-21(26)17-7-9-18(10-8-17)23-22(30)24-19-11-13-20(14-12-19)31(27,28)25-15-5-4-6-16(25)2/h7-14,16H,3-6,15H2,1-2H3,(H2,23,24,30). The minimum Gasteiger partial charge on any atom is -0.462 e. The molecule has 0 radical (unpaired) electrons. The molecule has 3 rings (SSSR count). The highest BCUT2D eigenvalue weighted by atomic mass is 32.2. The van der Waals surface area contributed by atoms with Gasteiger partial charge in [-0.25, -0.2) is 13.2 Å². The molecule has 1 saturated heterocycles. The van der Waals surface area contributed by atoms with Crippen molar-refractivity contribution in [2.45, 2.75) is 44.0 Å². The van der Waals surface area contributed by atoms with Crippen LogP contribution >= 0.6 is 12.2 Å². The largest absolute Gasteiger partial charge is 0.462 e. The molecule has 0 aromatic heterocycles. The van der Waals surface area contributed by atoms with E-state index in [4.69, 9.17) is 17.0 Å². The average molecular weight is 462 g/mol. The third-order valence-corrected chi connectivity index (χ3v) is 7.35. The maximum atomic E-state index is 12.9. The molecule has 9 heteroatoms. The Bertz CT molecular complexity index is 1020. The fraction of sp³-hybridized carbons (Fsp3) is 0.364. The quantitative estimate of drug-likeness (QED) is 0.491. The number of nitrogens with zero attached hydrogens (tertiary/aromatic N) is 1. The Morgan fingerprint density at radius 1 is 1.06 bits per heavy atom. The number of thiocarbonyl (C=S) groups is 1. The van der Waals surface area contributed by atoms with Crippen molar-refractivity contribution in [3.05, 3.63) is 54.1 Å². The summed E-state index contributed by atoms with van der Waals surface area (Å²) in [6.07, 6.45) is 2.84. The summed E-state index contributed by atoms with van der Waals surface area (Å²) in [5, 5.41) is 6.42. The molecule has 1 unspecified atom stereocenters. The summed E-state index contributed by atoms with van der Waals surface area (Å²) >= 11 is 5.33. The van der Waals surface area contributed by atoms with Gasteiger partial charge in [0.15, 0.2) is 5.11 Å². The third kappa shape index (κ3) is 5.81. The van der Waals surface area contributed by atoms with Crippen molar-refractivity contribution in [3.8, 4) is 0 Å². The Labute approximate surface area is 188 Å². The van der Waals surface area contributed by atoms with Gasteiger partial charge in [0.05, 0.1) is 17.1 Å². The molecule has 7 nitrogen and oxygen atoms in total. The number of ether oxygens (including phenoxy) is 1. The first-order chi connectivity index (χ1) is 14.8. The fourth-order valence-electron chi connectivity index (χ4n) is 3.47. The Morgan fingerprint density at radius 2 is 1.65 bits per heavy atom. The van der Waals surface area contributed by atoms with Gasteiger partial charge >= 0.3 is 5.97 Å². The SMILES string of the molecule is CCOC(=O)c1ccc(NC(=S)Nc2ccc(S(=O)(=O)N3CCCCC3C)cc2)cc1. The maximum absolute atomic E-state index is 12.9. The van der Waals surface area contributed by atoms with Crippen molar-refractivity contribution in [1.82, 2.24) is 4.31 Å². The number of nitrogens with one attached hydrogen (secondary N) is 2. The van der Waals surface area contributed by atoms with Crippen LogP contribution in [0.3, 0.4) is 0 Å². The van der Waals surface area contributed by atoms with Crippen LogP contribution in [-0.2, 0) is 14.8 Å². The molecule has 1 atom stereocenters. The van der Waals surface area contributed by atoms with Crippen LogP contribution in [0.5, 0.6) is 0 Å². The van der Waals surface area contributed by atoms with E-state index in [1.54, 1.807) is 59.8 Å². The van der Waals surface area contributed by atoms with Gasteiger partial charge in [-0.1, -0.05) is 6.42 Å². The van der Waals surface area contributed by atoms with E-state index in [0.29, 0.717) is 35.2 Å². The van der Waals surface area contributed by atoms with Crippen LogP contribution in [0.1, 0.15) is 43.5 Å². The lowest BCUT2D eigenvalue weighted by molar-refractivity contribution is 0.0526. The number of carbonyl (C=O) groups excluding carboxylic acids is 1. The predicted molar refractivity (Wildman–Crippen MR) is 126 cm³/mol. The summed E-state index contributed by atoms with van der Waals surface area (Å²) in [7, 11) is -3.50. The molecular weight excluding hydrogens is 434 g/mol. The first-order valence-electron chi connectivity index (χ1n) is 10.3. The van der Waals surface area contributed by atoms with E-state index in [-0.39, 0.29) is 16.9 Å². The molecule has 1 heterocycles. The van der Waals surface area contributed by atoms with Gasteiger partial charge in [-0.2, -0.15) is 4.31 Å². The summed E-state index contributed by atoms with van der Waals surface area (Å²) in [6.45, 7) is 4.60. The zero-order chi connectivity index (χ0) is 22.4. The normalized spacial score (nSPS) is 17.0. The number of rotatable bonds is 6. The van der Waals surface area contributed by atoms with Gasteiger partial charge in [0.1, 0.15) is 0 Å². The molecular formula is C22H27N3O4S2. The highest BCUT2D eigenvalue weighted by molar-refractivity contribution is 7.89. The Balaban J connectivity index is 1.60. The second-order valence-corrected chi connectivity index (χ2v) is 9.66. The number of benzene rings is 2. The third-order valence-electron chi connectivity index (χ3n) is 5.11. The van der Waals surface area contributed by atoms with Gasteiger partial charge in [-0.15, -0.1) is 0 Å². The number of esters is 1. The lowest BCUT2D eigenvalue weighted by Crippen LogP contribution is -2.41. The second kappa shape index (κ2) is 10.2. The van der Waals surface area contributed by atoms with Gasteiger partial charge in [0.25, 0.3) is 0 Å². The fourth-order valence-corrected chi connectivity index (χ4v) is 5.41. The van der Waals surface area contributed by atoms with E-state index in [1.165, 1.54) is 0 Å². The Hall–Kier alpha value is -2.49. The van der Waals surface area contributed by atoms with E-state index in [9.17, 15) is 13.2 Å². The zero-order valence-electron chi connectivity index (χ0n) is 17.6. The number of piperidine rings is 1. The molecule has 2 aromatic rings. The minimum atomic E-state index is -3.50. The van der Waals surface area contributed by atoms with Crippen LogP contribution in [0.25, 0.3) is 0 Å². The molecule has 0 saturated carbocycles. The molecule has 166 valence electrons. The Kier molecular flexibility index (Phi) is 7.64. The van der Waals surface area contributed by atoms with Crippen LogP contribution in [0.4, 0.5) is 11.4 Å². The number of anilines is 2. The van der Waals surface area contributed by atoms with Crippen molar-refractivity contribution >= 4 is 44.7 Å². The minimum absolute atomic E-state index is 0.0172. The van der Waals surface area contributed by atoms with E-state index in [1.807, 2.05) is 6.92 Å². The highest BCUT2D eigenvalue weighted by Gasteiger charge is 2.30. The summed E-state index contributed by atoms with van der Waals surface area (Å²) in [5.41, 5.74) is 1.85. The van der Waals surface area contributed by atoms with E-state index < -0.39 is 10.0 Å². The first-order valence-corrected chi connectivity index (χ1v) is 12.1. The summed E-state index contributed by atoms with van der Waals surface area (Å²) < 4.78 is 32.4. The van der Waals surface area contributed by atoms with Gasteiger partial charge in [0.2, 0.25) is 10.0 Å². The van der Waals surface area contributed by atoms with Crippen molar-refractivity contribution in [2.75, 3.05) is 23.8 Å². The molecule has 0 spiro atoms. The number of hydrogen-bond acceptors (Lipinski definition) is 5. The second-order valence-electron chi connectivity index (χ2n) is 7.36. The van der Waals surface area contributed by atoms with Crippen LogP contribution < -0.4 is 10.6 Å². The van der Waals surface area contributed by atoms with Gasteiger partial charge in [-0.3, -0.25) is 0 Å². The van der Waals surface area contributed by atoms with Crippen molar-refractivity contribution < 1.29 is 17.9 Å². The summed E-state index contributed by atoms with van der Waals surface area (Å²) in [6, 6.07) is 13.4. The van der Waals surface area contributed by atoms with E-state index in [2.05, 4.69) is 10.6 Å². The molecule has 31 heavy (non-hydrogen) atoms. The lowest BCUT2D eigenvalue weighted by atomic mass is 10.1. The molecule has 2 aromatic carbocycles. The van der Waals surface area contributed by atoms with Crippen LogP contribution in [0.2, 0.25) is 0 Å². The number of hydrogen-bond donors (Lipinski definition) is 2. The topological polar surface area (TPSA) is 87.7 Å². The molecule has 2 N–H and O–H groups in total. The van der Waals surface area contributed by atoms with Gasteiger partial charge < -0.3 is 15.4 Å². The van der Waals surface area contributed by atoms with Crippen LogP contribution in [-0.4, -0.2) is 43.0 Å².